The van der Waals surface area contributed by atoms with Crippen molar-refractivity contribution in [3.05, 3.63) is 83.7 Å². The Labute approximate surface area is 160 Å². The third-order valence-electron chi connectivity index (χ3n) is 5.29. The quantitative estimate of drug-likeness (QED) is 0.642. The van der Waals surface area contributed by atoms with Crippen molar-refractivity contribution in [2.75, 3.05) is 5.32 Å². The highest BCUT2D eigenvalue weighted by Crippen LogP contribution is 2.36. The van der Waals surface area contributed by atoms with Crippen molar-refractivity contribution in [3.63, 3.8) is 0 Å². The molecule has 0 fully saturated rings. The summed E-state index contributed by atoms with van der Waals surface area (Å²) in [5, 5.41) is 3.12. The van der Waals surface area contributed by atoms with Gasteiger partial charge in [0.15, 0.2) is 0 Å². The van der Waals surface area contributed by atoms with E-state index in [9.17, 15) is 4.79 Å². The number of nitrogens with one attached hydrogen (secondary N) is 1. The monoisotopic (exact) mass is 359 g/mol. The Morgan fingerprint density at radius 1 is 1.04 bits per heavy atom. The summed E-state index contributed by atoms with van der Waals surface area (Å²) in [6.45, 7) is 6.94. The highest BCUT2D eigenvalue weighted by atomic mass is 16.2. The lowest BCUT2D eigenvalue weighted by molar-refractivity contribution is 0.162. The topological polar surface area (TPSA) is 37.3 Å². The van der Waals surface area contributed by atoms with E-state index in [1.54, 1.807) is 0 Å². The molecule has 2 aromatic carbocycles. The van der Waals surface area contributed by atoms with E-state index in [1.165, 1.54) is 0 Å². The minimum absolute atomic E-state index is 0.00332. The van der Waals surface area contributed by atoms with Gasteiger partial charge in [0.2, 0.25) is 0 Å². The number of carbonyl (C=O) groups is 1. The molecule has 0 unspecified atom stereocenters. The molecule has 1 aliphatic rings. The third-order valence-corrected chi connectivity index (χ3v) is 5.29. The number of nitrogens with zero attached hydrogens (tertiary/aromatic N) is 2. The average molecular weight is 359 g/mol. The molecule has 2 amide bonds. The number of fused-ring (bicyclic) bond motifs is 3. The fraction of sp³-hybridized carbons (Fsp3) is 0.261. The number of aryl methyl sites for hydroxylation is 1. The van der Waals surface area contributed by atoms with Crippen LogP contribution in [0.1, 0.15) is 36.7 Å². The van der Waals surface area contributed by atoms with Crippen molar-refractivity contribution in [2.24, 2.45) is 5.92 Å². The second-order valence-electron chi connectivity index (χ2n) is 7.49. The number of amides is 2. The molecular weight excluding hydrogens is 334 g/mol. The first-order chi connectivity index (χ1) is 13.1. The van der Waals surface area contributed by atoms with Crippen LogP contribution in [0.3, 0.4) is 0 Å². The molecule has 3 aromatic rings. The standard InChI is InChI=1S/C23H25N3O/c1-16(2)22-21-13-8-14-25(21)20-12-7-5-10-18(20)15-26(22)23(27)24-19-11-6-4-9-17(19)3/h4-14,16,22H,15H2,1-3H3,(H,24,27)/t22-/m0/s1. The predicted molar refractivity (Wildman–Crippen MR) is 109 cm³/mol. The first-order valence-corrected chi connectivity index (χ1v) is 9.45. The van der Waals surface area contributed by atoms with E-state index >= 15 is 0 Å². The molecule has 4 heteroatoms. The average Bonchev–Trinajstić information content (AvgIpc) is 3.07. The van der Waals surface area contributed by atoms with Gasteiger partial charge in [0.1, 0.15) is 0 Å². The second-order valence-corrected chi connectivity index (χ2v) is 7.49. The SMILES string of the molecule is Cc1ccccc1NC(=O)N1Cc2ccccc2-n2cccc2[C@@H]1C(C)C. The van der Waals surface area contributed by atoms with Crippen LogP contribution in [0.2, 0.25) is 0 Å². The van der Waals surface area contributed by atoms with E-state index in [4.69, 9.17) is 0 Å². The van der Waals surface area contributed by atoms with Crippen molar-refractivity contribution in [3.8, 4) is 5.69 Å². The second kappa shape index (κ2) is 6.95. The zero-order valence-electron chi connectivity index (χ0n) is 16.0. The summed E-state index contributed by atoms with van der Waals surface area (Å²) in [4.78, 5) is 15.3. The van der Waals surface area contributed by atoms with Gasteiger partial charge < -0.3 is 14.8 Å². The molecule has 0 spiro atoms. The molecule has 4 rings (SSSR count). The van der Waals surface area contributed by atoms with E-state index in [-0.39, 0.29) is 18.0 Å². The van der Waals surface area contributed by atoms with Crippen molar-refractivity contribution in [1.82, 2.24) is 9.47 Å². The van der Waals surface area contributed by atoms with Gasteiger partial charge >= 0.3 is 6.03 Å². The Morgan fingerprint density at radius 2 is 1.78 bits per heavy atom. The molecule has 138 valence electrons. The zero-order chi connectivity index (χ0) is 19.0. The lowest BCUT2D eigenvalue weighted by Gasteiger charge is -2.33. The van der Waals surface area contributed by atoms with Gasteiger partial charge in [0.25, 0.3) is 0 Å². The van der Waals surface area contributed by atoms with Crippen LogP contribution in [-0.4, -0.2) is 15.5 Å². The minimum atomic E-state index is -0.0625. The van der Waals surface area contributed by atoms with E-state index in [0.717, 1.165) is 28.2 Å². The maximum absolute atomic E-state index is 13.3. The van der Waals surface area contributed by atoms with E-state index in [0.29, 0.717) is 6.54 Å². The summed E-state index contributed by atoms with van der Waals surface area (Å²) < 4.78 is 2.22. The molecule has 0 aliphatic carbocycles. The van der Waals surface area contributed by atoms with Crippen molar-refractivity contribution in [1.29, 1.82) is 0 Å². The maximum atomic E-state index is 13.3. The highest BCUT2D eigenvalue weighted by Gasteiger charge is 2.33. The van der Waals surface area contributed by atoms with Gasteiger partial charge in [0.05, 0.1) is 18.3 Å². The Balaban J connectivity index is 1.77. The van der Waals surface area contributed by atoms with Gasteiger partial charge in [-0.15, -0.1) is 0 Å². The minimum Gasteiger partial charge on any atom is -0.318 e. The van der Waals surface area contributed by atoms with Crippen LogP contribution < -0.4 is 5.32 Å². The Morgan fingerprint density at radius 3 is 2.56 bits per heavy atom. The number of rotatable bonds is 2. The zero-order valence-corrected chi connectivity index (χ0v) is 16.0. The molecule has 2 heterocycles. The van der Waals surface area contributed by atoms with Gasteiger partial charge in [-0.1, -0.05) is 50.2 Å². The van der Waals surface area contributed by atoms with Crippen molar-refractivity contribution < 1.29 is 4.79 Å². The predicted octanol–water partition coefficient (Wildman–Crippen LogP) is 5.53. The first kappa shape index (κ1) is 17.4. The Bertz CT molecular complexity index is 973. The van der Waals surface area contributed by atoms with Gasteiger partial charge in [-0.05, 0) is 48.2 Å². The van der Waals surface area contributed by atoms with Crippen LogP contribution in [0.5, 0.6) is 0 Å². The molecule has 1 N–H and O–H groups in total. The molecule has 4 nitrogen and oxygen atoms in total. The number of aromatic nitrogens is 1. The number of hydrogen-bond acceptors (Lipinski definition) is 1. The van der Waals surface area contributed by atoms with Crippen LogP contribution in [0, 0.1) is 12.8 Å². The Kier molecular flexibility index (Phi) is 4.48. The van der Waals surface area contributed by atoms with Gasteiger partial charge in [-0.3, -0.25) is 0 Å². The highest BCUT2D eigenvalue weighted by molar-refractivity contribution is 5.90. The molecule has 1 atom stereocenters. The molecule has 27 heavy (non-hydrogen) atoms. The summed E-state index contributed by atoms with van der Waals surface area (Å²) in [5.74, 6) is 0.288. The number of urea groups is 1. The maximum Gasteiger partial charge on any atom is 0.322 e. The summed E-state index contributed by atoms with van der Waals surface area (Å²) >= 11 is 0. The lowest BCUT2D eigenvalue weighted by Crippen LogP contribution is -2.39. The summed E-state index contributed by atoms with van der Waals surface area (Å²) in [5.41, 5.74) is 5.37. The van der Waals surface area contributed by atoms with Crippen molar-refractivity contribution >= 4 is 11.7 Å². The van der Waals surface area contributed by atoms with Crippen LogP contribution >= 0.6 is 0 Å². The van der Waals surface area contributed by atoms with Gasteiger partial charge in [-0.25, -0.2) is 4.79 Å². The molecule has 1 aromatic heterocycles. The van der Waals surface area contributed by atoms with E-state index in [1.807, 2.05) is 42.2 Å². The largest absolute Gasteiger partial charge is 0.322 e. The molecule has 0 saturated heterocycles. The van der Waals surface area contributed by atoms with E-state index in [2.05, 4.69) is 60.3 Å². The lowest BCUT2D eigenvalue weighted by atomic mass is 9.99. The molecule has 0 saturated carbocycles. The molecular formula is C23H25N3O. The Hall–Kier alpha value is -3.01. The first-order valence-electron chi connectivity index (χ1n) is 9.45. The molecule has 0 bridgehead atoms. The summed E-state index contributed by atoms with van der Waals surface area (Å²) in [6, 6.07) is 20.3. The van der Waals surface area contributed by atoms with Crippen LogP contribution in [-0.2, 0) is 6.54 Å². The smallest absolute Gasteiger partial charge is 0.318 e. The number of benzene rings is 2. The van der Waals surface area contributed by atoms with E-state index < -0.39 is 0 Å². The van der Waals surface area contributed by atoms with Gasteiger partial charge in [-0.2, -0.15) is 0 Å². The normalized spacial score (nSPS) is 15.9. The van der Waals surface area contributed by atoms with Crippen LogP contribution in [0.4, 0.5) is 10.5 Å². The van der Waals surface area contributed by atoms with Gasteiger partial charge in [0, 0.05) is 17.6 Å². The molecule has 1 aliphatic heterocycles. The summed E-state index contributed by atoms with van der Waals surface area (Å²) in [7, 11) is 0. The van der Waals surface area contributed by atoms with Crippen LogP contribution in [0.15, 0.2) is 66.9 Å². The van der Waals surface area contributed by atoms with Crippen LogP contribution in [0.25, 0.3) is 5.69 Å². The molecule has 0 radical (unpaired) electrons. The number of carbonyl (C=O) groups excluding carboxylic acids is 1. The fourth-order valence-electron chi connectivity index (χ4n) is 3.98. The third kappa shape index (κ3) is 3.12. The van der Waals surface area contributed by atoms with Crippen molar-refractivity contribution in [2.45, 2.75) is 33.4 Å². The fourth-order valence-corrected chi connectivity index (χ4v) is 3.98. The number of para-hydroxylation sites is 2. The summed E-state index contributed by atoms with van der Waals surface area (Å²) in [6.07, 6.45) is 2.09. The number of hydrogen-bond donors (Lipinski definition) is 1. The number of anilines is 1.